The first-order valence-electron chi connectivity index (χ1n) is 8.27. The van der Waals surface area contributed by atoms with Crippen LogP contribution in [0.3, 0.4) is 0 Å². The highest BCUT2D eigenvalue weighted by atomic mass is 16.3. The maximum Gasteiger partial charge on any atom is 0.199 e. The Balaban J connectivity index is 1.53. The zero-order valence-corrected chi connectivity index (χ0v) is 14.0. The third kappa shape index (κ3) is 4.07. The van der Waals surface area contributed by atoms with Crippen LogP contribution >= 0.6 is 0 Å². The molecule has 0 saturated heterocycles. The summed E-state index contributed by atoms with van der Waals surface area (Å²) >= 11 is 0. The van der Waals surface area contributed by atoms with Crippen molar-refractivity contribution in [1.29, 1.82) is 0 Å². The standard InChI is InChI=1S/C20H21NO4/c1-13(20(24)14-6-8-16(22)9-7-14)21-11-10-17(23)19-12-15-4-2-3-5-18(15)25-19/h2-9,12-13,20-22,24H,10-11H2,1H3. The summed E-state index contributed by atoms with van der Waals surface area (Å²) in [5.41, 5.74) is 1.41. The summed E-state index contributed by atoms with van der Waals surface area (Å²) in [5, 5.41) is 23.7. The van der Waals surface area contributed by atoms with Gasteiger partial charge in [0.15, 0.2) is 11.5 Å². The van der Waals surface area contributed by atoms with Crippen molar-refractivity contribution in [3.05, 3.63) is 65.9 Å². The van der Waals surface area contributed by atoms with Gasteiger partial charge in [0.1, 0.15) is 11.3 Å². The van der Waals surface area contributed by atoms with Gasteiger partial charge in [-0.15, -0.1) is 0 Å². The van der Waals surface area contributed by atoms with Gasteiger partial charge in [0.25, 0.3) is 0 Å². The summed E-state index contributed by atoms with van der Waals surface area (Å²) < 4.78 is 5.56. The maximum atomic E-state index is 12.2. The Morgan fingerprint density at radius 3 is 2.60 bits per heavy atom. The van der Waals surface area contributed by atoms with Gasteiger partial charge in [0.05, 0.1) is 6.10 Å². The van der Waals surface area contributed by atoms with Crippen LogP contribution < -0.4 is 5.32 Å². The van der Waals surface area contributed by atoms with Gasteiger partial charge >= 0.3 is 0 Å². The number of hydrogen-bond acceptors (Lipinski definition) is 5. The number of fused-ring (bicyclic) bond motifs is 1. The number of Topliss-reactive ketones (excluding diaryl/α,β-unsaturated/α-hetero) is 1. The number of rotatable bonds is 7. The van der Waals surface area contributed by atoms with E-state index in [0.717, 1.165) is 5.39 Å². The summed E-state index contributed by atoms with van der Waals surface area (Å²) in [6, 6.07) is 15.5. The third-order valence-corrected chi connectivity index (χ3v) is 4.23. The van der Waals surface area contributed by atoms with E-state index in [1.165, 1.54) is 12.1 Å². The molecule has 2 aromatic carbocycles. The second-order valence-corrected chi connectivity index (χ2v) is 6.10. The van der Waals surface area contributed by atoms with Crippen molar-refractivity contribution in [2.24, 2.45) is 0 Å². The molecular formula is C20H21NO4. The zero-order valence-electron chi connectivity index (χ0n) is 14.0. The largest absolute Gasteiger partial charge is 0.508 e. The highest BCUT2D eigenvalue weighted by molar-refractivity contribution is 5.97. The van der Waals surface area contributed by atoms with E-state index in [4.69, 9.17) is 4.42 Å². The normalized spacial score (nSPS) is 13.7. The van der Waals surface area contributed by atoms with Crippen molar-refractivity contribution >= 4 is 16.8 Å². The van der Waals surface area contributed by atoms with Gasteiger partial charge in [-0.3, -0.25) is 4.79 Å². The van der Waals surface area contributed by atoms with Crippen LogP contribution in [-0.2, 0) is 0 Å². The van der Waals surface area contributed by atoms with Crippen molar-refractivity contribution < 1.29 is 19.4 Å². The van der Waals surface area contributed by atoms with Crippen LogP contribution in [0, 0.1) is 0 Å². The Kier molecular flexibility index (Phi) is 5.16. The Labute approximate surface area is 145 Å². The smallest absolute Gasteiger partial charge is 0.199 e. The van der Waals surface area contributed by atoms with Crippen molar-refractivity contribution in [3.8, 4) is 5.75 Å². The molecule has 0 radical (unpaired) electrons. The van der Waals surface area contributed by atoms with Crippen LogP contribution in [0.5, 0.6) is 5.75 Å². The number of carbonyl (C=O) groups excluding carboxylic acids is 1. The minimum Gasteiger partial charge on any atom is -0.508 e. The maximum absolute atomic E-state index is 12.2. The fourth-order valence-electron chi connectivity index (χ4n) is 2.73. The molecule has 0 amide bonds. The molecule has 1 heterocycles. The average Bonchev–Trinajstić information content (AvgIpc) is 3.06. The van der Waals surface area contributed by atoms with E-state index in [0.29, 0.717) is 23.5 Å². The van der Waals surface area contributed by atoms with Crippen LogP contribution in [0.1, 0.15) is 35.6 Å². The Hall–Kier alpha value is -2.63. The SMILES string of the molecule is CC(NCCC(=O)c1cc2ccccc2o1)C(O)c1ccc(O)cc1. The second kappa shape index (κ2) is 7.51. The highest BCUT2D eigenvalue weighted by Crippen LogP contribution is 2.21. The summed E-state index contributed by atoms with van der Waals surface area (Å²) in [4.78, 5) is 12.2. The minimum atomic E-state index is -0.720. The number of ketones is 1. The number of phenolic OH excluding ortho intramolecular Hbond substituents is 1. The molecule has 5 nitrogen and oxygen atoms in total. The summed E-state index contributed by atoms with van der Waals surface area (Å²) in [5.74, 6) is 0.442. The number of aliphatic hydroxyl groups is 1. The monoisotopic (exact) mass is 339 g/mol. The first-order valence-corrected chi connectivity index (χ1v) is 8.27. The summed E-state index contributed by atoms with van der Waals surface area (Å²) in [7, 11) is 0. The summed E-state index contributed by atoms with van der Waals surface area (Å²) in [6.45, 7) is 2.29. The number of aliphatic hydroxyl groups excluding tert-OH is 1. The van der Waals surface area contributed by atoms with Gasteiger partial charge in [-0.1, -0.05) is 30.3 Å². The molecular weight excluding hydrogens is 318 g/mol. The molecule has 0 aliphatic carbocycles. The second-order valence-electron chi connectivity index (χ2n) is 6.10. The first kappa shape index (κ1) is 17.2. The number of benzene rings is 2. The number of aromatic hydroxyl groups is 1. The number of furan rings is 1. The van der Waals surface area contributed by atoms with Crippen LogP contribution in [0.2, 0.25) is 0 Å². The number of nitrogens with one attached hydrogen (secondary N) is 1. The number of phenols is 1. The lowest BCUT2D eigenvalue weighted by Gasteiger charge is -2.20. The van der Waals surface area contributed by atoms with E-state index in [2.05, 4.69) is 5.32 Å². The predicted molar refractivity (Wildman–Crippen MR) is 95.7 cm³/mol. The topological polar surface area (TPSA) is 82.7 Å². The molecule has 0 aliphatic rings. The average molecular weight is 339 g/mol. The van der Waals surface area contributed by atoms with Gasteiger partial charge in [-0.2, -0.15) is 0 Å². The van der Waals surface area contributed by atoms with Gasteiger partial charge in [0.2, 0.25) is 0 Å². The van der Waals surface area contributed by atoms with Gasteiger partial charge in [-0.25, -0.2) is 0 Å². The molecule has 25 heavy (non-hydrogen) atoms. The molecule has 1 aromatic heterocycles. The highest BCUT2D eigenvalue weighted by Gasteiger charge is 2.17. The predicted octanol–water partition coefficient (Wildman–Crippen LogP) is 3.42. The van der Waals surface area contributed by atoms with E-state index >= 15 is 0 Å². The van der Waals surface area contributed by atoms with Crippen molar-refractivity contribution in [3.63, 3.8) is 0 Å². The lowest BCUT2D eigenvalue weighted by molar-refractivity contribution is 0.0948. The van der Waals surface area contributed by atoms with Gasteiger partial charge < -0.3 is 19.9 Å². The van der Waals surface area contributed by atoms with Crippen molar-refractivity contribution in [2.45, 2.75) is 25.5 Å². The molecule has 3 aromatic rings. The fraction of sp³-hybridized carbons (Fsp3) is 0.250. The number of hydrogen-bond donors (Lipinski definition) is 3. The van der Waals surface area contributed by atoms with E-state index in [-0.39, 0.29) is 24.0 Å². The Morgan fingerprint density at radius 2 is 1.88 bits per heavy atom. The molecule has 2 unspecified atom stereocenters. The van der Waals surface area contributed by atoms with Crippen LogP contribution in [0.15, 0.2) is 59.0 Å². The third-order valence-electron chi connectivity index (χ3n) is 4.23. The number of para-hydroxylation sites is 1. The molecule has 5 heteroatoms. The lowest BCUT2D eigenvalue weighted by atomic mass is 10.0. The van der Waals surface area contributed by atoms with E-state index in [1.54, 1.807) is 18.2 Å². The molecule has 2 atom stereocenters. The fourth-order valence-corrected chi connectivity index (χ4v) is 2.73. The van der Waals surface area contributed by atoms with Crippen LogP contribution in [-0.4, -0.2) is 28.6 Å². The van der Waals surface area contributed by atoms with Gasteiger partial charge in [0, 0.05) is 24.4 Å². The first-order chi connectivity index (χ1) is 12.0. The molecule has 0 fully saturated rings. The van der Waals surface area contributed by atoms with Crippen LogP contribution in [0.4, 0.5) is 0 Å². The van der Waals surface area contributed by atoms with E-state index in [9.17, 15) is 15.0 Å². The molecule has 3 rings (SSSR count). The van der Waals surface area contributed by atoms with Crippen LogP contribution in [0.25, 0.3) is 11.0 Å². The number of carbonyl (C=O) groups is 1. The molecule has 0 aliphatic heterocycles. The quantitative estimate of drug-likeness (QED) is 0.575. The molecule has 130 valence electrons. The molecule has 3 N–H and O–H groups in total. The minimum absolute atomic E-state index is 0.0741. The zero-order chi connectivity index (χ0) is 17.8. The van der Waals surface area contributed by atoms with E-state index < -0.39 is 6.10 Å². The summed E-state index contributed by atoms with van der Waals surface area (Å²) in [6.07, 6.45) is -0.436. The van der Waals surface area contributed by atoms with Crippen molar-refractivity contribution in [2.75, 3.05) is 6.54 Å². The van der Waals surface area contributed by atoms with Crippen molar-refractivity contribution in [1.82, 2.24) is 5.32 Å². The molecule has 0 spiro atoms. The Bertz CT molecular complexity index is 821. The lowest BCUT2D eigenvalue weighted by Crippen LogP contribution is -2.33. The Morgan fingerprint density at radius 1 is 1.16 bits per heavy atom. The molecule has 0 saturated carbocycles. The van der Waals surface area contributed by atoms with Gasteiger partial charge in [-0.05, 0) is 36.8 Å². The molecule has 0 bridgehead atoms. The van der Waals surface area contributed by atoms with E-state index in [1.807, 2.05) is 31.2 Å².